The monoisotopic (exact) mass is 282 g/mol. The van der Waals surface area contributed by atoms with Gasteiger partial charge in [0.25, 0.3) is 5.56 Å². The highest BCUT2D eigenvalue weighted by Crippen LogP contribution is 2.07. The molecule has 0 atom stereocenters. The van der Waals surface area contributed by atoms with Crippen LogP contribution in [0.15, 0.2) is 9.59 Å². The van der Waals surface area contributed by atoms with Crippen LogP contribution in [0.3, 0.4) is 0 Å². The smallest absolute Gasteiger partial charge is 0.333 e. The molecule has 0 amide bonds. The summed E-state index contributed by atoms with van der Waals surface area (Å²) in [5.41, 5.74) is -1.67. The lowest BCUT2D eigenvalue weighted by molar-refractivity contribution is 0.111. The maximum absolute atomic E-state index is 11.9. The summed E-state index contributed by atoms with van der Waals surface area (Å²) in [4.78, 5) is 34.6. The Labute approximate surface area is 117 Å². The van der Waals surface area contributed by atoms with Crippen LogP contribution in [-0.2, 0) is 13.6 Å². The SMILES string of the molecule is CCCCCCCCn1c(=O)c(C=O)c(O)n(C)c1=O. The van der Waals surface area contributed by atoms with Crippen LogP contribution in [0.2, 0.25) is 0 Å². The van der Waals surface area contributed by atoms with Crippen molar-refractivity contribution in [1.29, 1.82) is 0 Å². The predicted octanol–water partition coefficient (Wildman–Crippen LogP) is 1.43. The number of hydrogen-bond donors (Lipinski definition) is 1. The molecular formula is C14H22N2O4. The maximum Gasteiger partial charge on any atom is 0.333 e. The van der Waals surface area contributed by atoms with Gasteiger partial charge >= 0.3 is 5.69 Å². The van der Waals surface area contributed by atoms with Crippen LogP contribution in [0, 0.1) is 0 Å². The fourth-order valence-electron chi connectivity index (χ4n) is 2.13. The van der Waals surface area contributed by atoms with Crippen molar-refractivity contribution in [2.75, 3.05) is 0 Å². The number of aldehydes is 1. The molecule has 1 aromatic rings. The Morgan fingerprint density at radius 2 is 1.70 bits per heavy atom. The van der Waals surface area contributed by atoms with E-state index in [0.29, 0.717) is 6.42 Å². The number of carbonyl (C=O) groups is 1. The molecule has 0 radical (unpaired) electrons. The summed E-state index contributed by atoms with van der Waals surface area (Å²) in [7, 11) is 1.34. The van der Waals surface area contributed by atoms with Gasteiger partial charge in [0.05, 0.1) is 0 Å². The van der Waals surface area contributed by atoms with E-state index in [4.69, 9.17) is 0 Å². The summed E-state index contributed by atoms with van der Waals surface area (Å²) in [5.74, 6) is -0.575. The third-order valence-electron chi connectivity index (χ3n) is 3.41. The maximum atomic E-state index is 11.9. The molecule has 0 saturated carbocycles. The summed E-state index contributed by atoms with van der Waals surface area (Å²) in [5, 5.41) is 9.57. The van der Waals surface area contributed by atoms with Gasteiger partial charge in [-0.15, -0.1) is 0 Å². The van der Waals surface area contributed by atoms with E-state index in [9.17, 15) is 19.5 Å². The Hall–Kier alpha value is -1.85. The zero-order valence-corrected chi connectivity index (χ0v) is 12.1. The van der Waals surface area contributed by atoms with Crippen molar-refractivity contribution in [1.82, 2.24) is 9.13 Å². The molecule has 0 fully saturated rings. The highest BCUT2D eigenvalue weighted by atomic mass is 16.3. The van der Waals surface area contributed by atoms with Gasteiger partial charge in [0, 0.05) is 13.6 Å². The van der Waals surface area contributed by atoms with Crippen molar-refractivity contribution < 1.29 is 9.90 Å². The van der Waals surface area contributed by atoms with E-state index in [1.807, 2.05) is 0 Å². The van der Waals surface area contributed by atoms with Gasteiger partial charge in [-0.05, 0) is 6.42 Å². The highest BCUT2D eigenvalue weighted by molar-refractivity contribution is 5.77. The molecule has 0 unspecified atom stereocenters. The number of aromatic hydroxyl groups is 1. The first-order valence-corrected chi connectivity index (χ1v) is 7.02. The predicted molar refractivity (Wildman–Crippen MR) is 76.4 cm³/mol. The molecule has 20 heavy (non-hydrogen) atoms. The molecule has 1 heterocycles. The number of carbonyl (C=O) groups excluding carboxylic acids is 1. The van der Waals surface area contributed by atoms with Crippen LogP contribution in [0.25, 0.3) is 0 Å². The van der Waals surface area contributed by atoms with E-state index >= 15 is 0 Å². The summed E-state index contributed by atoms with van der Waals surface area (Å²) < 4.78 is 1.94. The van der Waals surface area contributed by atoms with Crippen LogP contribution >= 0.6 is 0 Å². The normalized spacial score (nSPS) is 10.7. The fraction of sp³-hybridized carbons (Fsp3) is 0.643. The molecule has 6 nitrogen and oxygen atoms in total. The summed E-state index contributed by atoms with van der Waals surface area (Å²) in [6.45, 7) is 2.42. The van der Waals surface area contributed by atoms with Crippen molar-refractivity contribution in [3.8, 4) is 5.88 Å². The van der Waals surface area contributed by atoms with Crippen molar-refractivity contribution in [2.24, 2.45) is 7.05 Å². The third-order valence-corrected chi connectivity index (χ3v) is 3.41. The van der Waals surface area contributed by atoms with Crippen molar-refractivity contribution in [3.05, 3.63) is 26.4 Å². The minimum absolute atomic E-state index is 0.277. The van der Waals surface area contributed by atoms with Crippen LogP contribution in [0.4, 0.5) is 0 Å². The summed E-state index contributed by atoms with van der Waals surface area (Å²) in [6, 6.07) is 0. The molecule has 0 aliphatic heterocycles. The molecule has 0 spiro atoms. The molecule has 6 heteroatoms. The Bertz CT molecular complexity index is 572. The average Bonchev–Trinajstić information content (AvgIpc) is 2.44. The van der Waals surface area contributed by atoms with Crippen molar-refractivity contribution >= 4 is 6.29 Å². The van der Waals surface area contributed by atoms with E-state index in [-0.39, 0.29) is 18.4 Å². The Morgan fingerprint density at radius 3 is 2.30 bits per heavy atom. The Balaban J connectivity index is 2.81. The largest absolute Gasteiger partial charge is 0.494 e. The lowest BCUT2D eigenvalue weighted by Gasteiger charge is -2.10. The minimum atomic E-state index is -0.714. The number of rotatable bonds is 8. The number of nitrogens with zero attached hydrogens (tertiary/aromatic N) is 2. The molecule has 112 valence electrons. The summed E-state index contributed by atoms with van der Waals surface area (Å²) in [6.07, 6.45) is 6.51. The van der Waals surface area contributed by atoms with Crippen LogP contribution in [0.5, 0.6) is 5.88 Å². The quantitative estimate of drug-likeness (QED) is 0.577. The van der Waals surface area contributed by atoms with Gasteiger partial charge in [-0.2, -0.15) is 0 Å². The van der Waals surface area contributed by atoms with Crippen LogP contribution < -0.4 is 11.2 Å². The number of hydrogen-bond acceptors (Lipinski definition) is 4. The summed E-state index contributed by atoms with van der Waals surface area (Å²) >= 11 is 0. The van der Waals surface area contributed by atoms with Gasteiger partial charge in [-0.1, -0.05) is 39.0 Å². The third kappa shape index (κ3) is 3.59. The van der Waals surface area contributed by atoms with E-state index in [1.165, 1.54) is 19.9 Å². The lowest BCUT2D eigenvalue weighted by atomic mass is 10.1. The first kappa shape index (κ1) is 16.2. The van der Waals surface area contributed by atoms with Crippen molar-refractivity contribution in [2.45, 2.75) is 52.0 Å². The Kier molecular flexibility index (Phi) is 6.21. The second-order valence-corrected chi connectivity index (χ2v) is 4.92. The number of unbranched alkanes of at least 4 members (excludes halogenated alkanes) is 5. The van der Waals surface area contributed by atoms with Crippen LogP contribution in [-0.4, -0.2) is 20.5 Å². The lowest BCUT2D eigenvalue weighted by Crippen LogP contribution is -2.40. The topological polar surface area (TPSA) is 81.3 Å². The molecule has 0 aliphatic rings. The number of aromatic nitrogens is 2. The zero-order valence-electron chi connectivity index (χ0n) is 12.1. The molecule has 1 rings (SSSR count). The molecule has 1 aromatic heterocycles. The minimum Gasteiger partial charge on any atom is -0.494 e. The zero-order chi connectivity index (χ0) is 15.1. The van der Waals surface area contributed by atoms with E-state index < -0.39 is 17.1 Å². The molecule has 0 aromatic carbocycles. The van der Waals surface area contributed by atoms with Gasteiger partial charge in [0.1, 0.15) is 5.56 Å². The van der Waals surface area contributed by atoms with Gasteiger partial charge < -0.3 is 5.11 Å². The van der Waals surface area contributed by atoms with Crippen molar-refractivity contribution in [3.63, 3.8) is 0 Å². The molecule has 0 saturated heterocycles. The molecule has 0 bridgehead atoms. The van der Waals surface area contributed by atoms with E-state index in [2.05, 4.69) is 6.92 Å². The average molecular weight is 282 g/mol. The van der Waals surface area contributed by atoms with E-state index in [1.54, 1.807) is 0 Å². The van der Waals surface area contributed by atoms with Gasteiger partial charge in [-0.25, -0.2) is 4.79 Å². The van der Waals surface area contributed by atoms with E-state index in [0.717, 1.165) is 28.4 Å². The van der Waals surface area contributed by atoms with Gasteiger partial charge in [0.15, 0.2) is 6.29 Å². The standard InChI is InChI=1S/C14H22N2O4/c1-3-4-5-6-7-8-9-16-13(19)11(10-17)12(18)15(2)14(16)20/h10,18H,3-9H2,1-2H3. The molecular weight excluding hydrogens is 260 g/mol. The highest BCUT2D eigenvalue weighted by Gasteiger charge is 2.15. The Morgan fingerprint density at radius 1 is 1.10 bits per heavy atom. The van der Waals surface area contributed by atoms with Crippen LogP contribution in [0.1, 0.15) is 55.8 Å². The molecule has 0 aliphatic carbocycles. The van der Waals surface area contributed by atoms with Gasteiger partial charge in [0.2, 0.25) is 5.88 Å². The first-order valence-electron chi connectivity index (χ1n) is 7.02. The second kappa shape index (κ2) is 7.67. The second-order valence-electron chi connectivity index (χ2n) is 4.92. The van der Waals surface area contributed by atoms with Gasteiger partial charge in [-0.3, -0.25) is 18.7 Å². The molecule has 1 N–H and O–H groups in total. The fourth-order valence-corrected chi connectivity index (χ4v) is 2.13. The first-order chi connectivity index (χ1) is 9.54.